The number of nitrogens with one attached hydrogen (secondary N) is 2. The van der Waals surface area contributed by atoms with Crippen molar-refractivity contribution in [1.82, 2.24) is 20.4 Å². The highest BCUT2D eigenvalue weighted by atomic mass is 16.2. The number of rotatable bonds is 3. The third-order valence-corrected chi connectivity index (χ3v) is 5.58. The Kier molecular flexibility index (Phi) is 4.43. The number of amides is 3. The number of anilines is 1. The Balaban J connectivity index is 1.66. The van der Waals surface area contributed by atoms with Gasteiger partial charge in [-0.1, -0.05) is 0 Å². The molecule has 3 heterocycles. The lowest BCUT2D eigenvalue weighted by molar-refractivity contribution is -0.134. The van der Waals surface area contributed by atoms with Crippen LogP contribution in [0, 0.1) is 0 Å². The van der Waals surface area contributed by atoms with Crippen molar-refractivity contribution in [3.05, 3.63) is 23.9 Å². The molecule has 8 nitrogen and oxygen atoms in total. The quantitative estimate of drug-likeness (QED) is 0.781. The molecule has 2 aliphatic heterocycles. The van der Waals surface area contributed by atoms with Gasteiger partial charge in [0.05, 0.1) is 17.1 Å². The Morgan fingerprint density at radius 3 is 2.74 bits per heavy atom. The molecule has 0 spiro atoms. The molecule has 0 saturated carbocycles. The number of carbonyl (C=O) groups is 3. The zero-order chi connectivity index (χ0) is 19.1. The van der Waals surface area contributed by atoms with Crippen molar-refractivity contribution in [2.24, 2.45) is 7.05 Å². The predicted octanol–water partition coefficient (Wildman–Crippen LogP) is 0.808. The van der Waals surface area contributed by atoms with Gasteiger partial charge in [-0.25, -0.2) is 0 Å². The van der Waals surface area contributed by atoms with E-state index >= 15 is 0 Å². The fourth-order valence-electron chi connectivity index (χ4n) is 4.01. The number of piperidine rings is 2. The minimum atomic E-state index is -0.426. The first-order chi connectivity index (χ1) is 13.0. The molecule has 2 N–H and O–H groups in total. The van der Waals surface area contributed by atoms with Crippen molar-refractivity contribution in [2.75, 3.05) is 18.5 Å². The number of imide groups is 1. The smallest absolute Gasteiger partial charge is 0.235 e. The molecule has 2 aromatic rings. The van der Waals surface area contributed by atoms with E-state index in [9.17, 15) is 14.4 Å². The summed E-state index contributed by atoms with van der Waals surface area (Å²) in [5.41, 5.74) is 2.40. The average Bonchev–Trinajstić information content (AvgIpc) is 2.97. The van der Waals surface area contributed by atoms with Crippen LogP contribution < -0.4 is 15.5 Å². The maximum atomic E-state index is 12.5. The van der Waals surface area contributed by atoms with E-state index in [2.05, 4.69) is 15.7 Å². The molecule has 0 bridgehead atoms. The fraction of sp³-hybridized carbons (Fsp3) is 0.474. The highest BCUT2D eigenvalue weighted by Crippen LogP contribution is 2.33. The molecule has 2 aliphatic rings. The van der Waals surface area contributed by atoms with Crippen LogP contribution in [0.5, 0.6) is 0 Å². The van der Waals surface area contributed by atoms with Gasteiger partial charge in [0.1, 0.15) is 0 Å². The van der Waals surface area contributed by atoms with E-state index in [0.717, 1.165) is 23.0 Å². The molecule has 1 unspecified atom stereocenters. The average molecular weight is 369 g/mol. The zero-order valence-electron chi connectivity index (χ0n) is 15.5. The fourth-order valence-corrected chi connectivity index (χ4v) is 4.01. The molecule has 4 rings (SSSR count). The molecule has 2 fully saturated rings. The molecule has 2 saturated heterocycles. The van der Waals surface area contributed by atoms with Crippen LogP contribution in [0.2, 0.25) is 0 Å². The highest BCUT2D eigenvalue weighted by molar-refractivity contribution is 6.03. The van der Waals surface area contributed by atoms with Crippen LogP contribution in [0.3, 0.4) is 0 Å². The number of aryl methyl sites for hydroxylation is 1. The van der Waals surface area contributed by atoms with E-state index in [-0.39, 0.29) is 23.8 Å². The summed E-state index contributed by atoms with van der Waals surface area (Å²) in [6.45, 7) is 0.674. The molecule has 3 amide bonds. The van der Waals surface area contributed by atoms with E-state index in [4.69, 9.17) is 0 Å². The van der Waals surface area contributed by atoms with Crippen LogP contribution in [0.4, 0.5) is 5.69 Å². The molecular formula is C19H23N5O3. The number of aromatic nitrogens is 2. The SMILES string of the molecule is CN[C@@H]1CCN(c2ccc3c(C4CCC(=O)NC4=O)nn(C)c3c2)C(=O)C1. The van der Waals surface area contributed by atoms with Gasteiger partial charge >= 0.3 is 0 Å². The van der Waals surface area contributed by atoms with Gasteiger partial charge in [0.2, 0.25) is 17.7 Å². The van der Waals surface area contributed by atoms with Crippen LogP contribution in [0.15, 0.2) is 18.2 Å². The van der Waals surface area contributed by atoms with Crippen LogP contribution in [0.25, 0.3) is 10.9 Å². The van der Waals surface area contributed by atoms with Gasteiger partial charge in [0, 0.05) is 43.5 Å². The summed E-state index contributed by atoms with van der Waals surface area (Å²) in [6.07, 6.45) is 2.19. The van der Waals surface area contributed by atoms with Gasteiger partial charge in [-0.15, -0.1) is 0 Å². The summed E-state index contributed by atoms with van der Waals surface area (Å²) >= 11 is 0. The molecule has 0 radical (unpaired) electrons. The molecule has 0 aliphatic carbocycles. The van der Waals surface area contributed by atoms with Crippen molar-refractivity contribution in [2.45, 2.75) is 37.6 Å². The van der Waals surface area contributed by atoms with Gasteiger partial charge in [-0.2, -0.15) is 5.10 Å². The Morgan fingerprint density at radius 2 is 2.04 bits per heavy atom. The first-order valence-electron chi connectivity index (χ1n) is 9.26. The van der Waals surface area contributed by atoms with Crippen LogP contribution in [-0.4, -0.2) is 47.1 Å². The van der Waals surface area contributed by atoms with Gasteiger partial charge in [-0.05, 0) is 38.1 Å². The van der Waals surface area contributed by atoms with Crippen molar-refractivity contribution in [3.63, 3.8) is 0 Å². The second-order valence-corrected chi connectivity index (χ2v) is 7.24. The lowest BCUT2D eigenvalue weighted by Crippen LogP contribution is -2.45. The second-order valence-electron chi connectivity index (χ2n) is 7.24. The number of carbonyl (C=O) groups excluding carboxylic acids is 3. The van der Waals surface area contributed by atoms with Crippen LogP contribution in [0.1, 0.15) is 37.3 Å². The summed E-state index contributed by atoms with van der Waals surface area (Å²) in [4.78, 5) is 38.0. The largest absolute Gasteiger partial charge is 0.316 e. The standard InChI is InChI=1S/C19H23N5O3/c1-20-11-7-8-24(17(26)9-11)12-3-4-13-15(10-12)23(2)22-18(13)14-5-6-16(25)21-19(14)27/h3-4,10-11,14,20H,5-9H2,1-2H3,(H,21,25,27)/t11-,14?/m1/s1. The normalized spacial score (nSPS) is 23.8. The van der Waals surface area contributed by atoms with E-state index in [1.165, 1.54) is 0 Å². The first kappa shape index (κ1) is 17.7. The molecule has 1 aromatic heterocycles. The number of fused-ring (bicyclic) bond motifs is 1. The van der Waals surface area contributed by atoms with E-state index in [1.807, 2.05) is 37.2 Å². The van der Waals surface area contributed by atoms with Crippen LogP contribution in [-0.2, 0) is 21.4 Å². The Morgan fingerprint density at radius 1 is 1.22 bits per heavy atom. The second kappa shape index (κ2) is 6.77. The van der Waals surface area contributed by atoms with Crippen molar-refractivity contribution >= 4 is 34.3 Å². The van der Waals surface area contributed by atoms with Crippen molar-refractivity contribution in [3.8, 4) is 0 Å². The number of hydrogen-bond acceptors (Lipinski definition) is 5. The Labute approximate surface area is 156 Å². The van der Waals surface area contributed by atoms with Crippen LogP contribution >= 0.6 is 0 Å². The monoisotopic (exact) mass is 369 g/mol. The topological polar surface area (TPSA) is 96.3 Å². The van der Waals surface area contributed by atoms with Crippen molar-refractivity contribution < 1.29 is 14.4 Å². The van der Waals surface area contributed by atoms with Gasteiger partial charge in [0.15, 0.2) is 0 Å². The third kappa shape index (κ3) is 3.10. The van der Waals surface area contributed by atoms with Gasteiger partial charge in [0.25, 0.3) is 0 Å². The molecule has 1 aromatic carbocycles. The minimum Gasteiger partial charge on any atom is -0.316 e. The Hall–Kier alpha value is -2.74. The number of nitrogens with zero attached hydrogens (tertiary/aromatic N) is 3. The number of hydrogen-bond donors (Lipinski definition) is 2. The summed E-state index contributed by atoms with van der Waals surface area (Å²) < 4.78 is 1.74. The van der Waals surface area contributed by atoms with Gasteiger partial charge in [-0.3, -0.25) is 24.4 Å². The van der Waals surface area contributed by atoms with Crippen molar-refractivity contribution in [1.29, 1.82) is 0 Å². The van der Waals surface area contributed by atoms with E-state index in [0.29, 0.717) is 31.5 Å². The summed E-state index contributed by atoms with van der Waals surface area (Å²) in [6, 6.07) is 6.02. The van der Waals surface area contributed by atoms with Gasteiger partial charge < -0.3 is 10.2 Å². The minimum absolute atomic E-state index is 0.104. The molecular weight excluding hydrogens is 346 g/mol. The predicted molar refractivity (Wildman–Crippen MR) is 100 cm³/mol. The molecule has 142 valence electrons. The maximum absolute atomic E-state index is 12.5. The van der Waals surface area contributed by atoms with E-state index in [1.54, 1.807) is 4.68 Å². The first-order valence-corrected chi connectivity index (χ1v) is 9.26. The summed E-state index contributed by atoms with van der Waals surface area (Å²) in [5.74, 6) is -0.848. The lowest BCUT2D eigenvalue weighted by atomic mass is 9.92. The highest BCUT2D eigenvalue weighted by Gasteiger charge is 2.32. The summed E-state index contributed by atoms with van der Waals surface area (Å²) in [7, 11) is 3.71. The Bertz CT molecular complexity index is 935. The van der Waals surface area contributed by atoms with E-state index < -0.39 is 5.92 Å². The third-order valence-electron chi connectivity index (χ3n) is 5.58. The molecule has 27 heavy (non-hydrogen) atoms. The maximum Gasteiger partial charge on any atom is 0.235 e. The zero-order valence-corrected chi connectivity index (χ0v) is 15.5. The lowest BCUT2D eigenvalue weighted by Gasteiger charge is -2.31. The molecule has 2 atom stereocenters. The molecule has 8 heteroatoms. The summed E-state index contributed by atoms with van der Waals surface area (Å²) in [5, 5.41) is 11.0. The number of benzene rings is 1.